The van der Waals surface area contributed by atoms with E-state index in [9.17, 15) is 0 Å². The summed E-state index contributed by atoms with van der Waals surface area (Å²) in [6, 6.07) is 8.09. The van der Waals surface area contributed by atoms with E-state index < -0.39 is 0 Å². The summed E-state index contributed by atoms with van der Waals surface area (Å²) in [6.07, 6.45) is 0. The molecule has 0 N–H and O–H groups in total. The van der Waals surface area contributed by atoms with E-state index in [0.717, 1.165) is 66.2 Å². The number of thioether (sulfide) groups is 1. The largest absolute Gasteiger partial charge is 0.486 e. The summed E-state index contributed by atoms with van der Waals surface area (Å²) in [5.74, 6) is 3.10. The van der Waals surface area contributed by atoms with E-state index in [1.165, 1.54) is 5.56 Å². The van der Waals surface area contributed by atoms with Gasteiger partial charge in [0.15, 0.2) is 5.16 Å². The van der Waals surface area contributed by atoms with Gasteiger partial charge in [-0.2, -0.15) is 0 Å². The first-order valence-corrected chi connectivity index (χ1v) is 12.5. The molecule has 1 fully saturated rings. The minimum Gasteiger partial charge on any atom is -0.486 e. The number of aryl methyl sites for hydroxylation is 1. The smallest absolute Gasteiger partial charge is 0.228 e. The zero-order valence-electron chi connectivity index (χ0n) is 18.3. The van der Waals surface area contributed by atoms with Crippen LogP contribution in [0.2, 0.25) is 0 Å². The van der Waals surface area contributed by atoms with Gasteiger partial charge in [0.25, 0.3) is 0 Å². The molecule has 3 heterocycles. The van der Waals surface area contributed by atoms with Crippen molar-refractivity contribution in [3.8, 4) is 5.75 Å². The Kier molecular flexibility index (Phi) is 7.47. The molecule has 1 aliphatic rings. The first-order valence-electron chi connectivity index (χ1n) is 10.6. The molecule has 2 aromatic heterocycles. The quantitative estimate of drug-likeness (QED) is 0.439. The highest BCUT2D eigenvalue weighted by atomic mass is 32.2. The van der Waals surface area contributed by atoms with Crippen LogP contribution in [-0.4, -0.2) is 46.1 Å². The second kappa shape index (κ2) is 10.5. The second-order valence-corrected chi connectivity index (χ2v) is 9.89. The molecule has 31 heavy (non-hydrogen) atoms. The molecule has 0 spiro atoms. The van der Waals surface area contributed by atoms with E-state index in [-0.39, 0.29) is 0 Å². The van der Waals surface area contributed by atoms with Crippen LogP contribution >= 0.6 is 23.1 Å². The summed E-state index contributed by atoms with van der Waals surface area (Å²) in [7, 11) is 0. The van der Waals surface area contributed by atoms with Crippen LogP contribution in [0.1, 0.15) is 30.1 Å². The van der Waals surface area contributed by atoms with Crippen molar-refractivity contribution in [2.45, 2.75) is 44.8 Å². The Morgan fingerprint density at radius 3 is 2.68 bits per heavy atom. The Morgan fingerprint density at radius 1 is 1.16 bits per heavy atom. The summed E-state index contributed by atoms with van der Waals surface area (Å²) < 4.78 is 13.6. The highest BCUT2D eigenvalue weighted by Crippen LogP contribution is 2.27. The predicted molar refractivity (Wildman–Crippen MR) is 125 cm³/mol. The van der Waals surface area contributed by atoms with Gasteiger partial charge in [0.1, 0.15) is 17.4 Å². The van der Waals surface area contributed by atoms with Crippen molar-refractivity contribution in [1.29, 1.82) is 0 Å². The minimum atomic E-state index is 0.489. The maximum Gasteiger partial charge on any atom is 0.228 e. The fourth-order valence-corrected chi connectivity index (χ4v) is 4.96. The number of nitrogens with zero attached hydrogens (tertiary/aromatic N) is 5. The molecular weight excluding hydrogens is 430 g/mol. The van der Waals surface area contributed by atoms with Crippen LogP contribution < -0.4 is 9.64 Å². The van der Waals surface area contributed by atoms with Crippen molar-refractivity contribution in [2.24, 2.45) is 5.92 Å². The van der Waals surface area contributed by atoms with Gasteiger partial charge in [0.05, 0.1) is 18.9 Å². The summed E-state index contributed by atoms with van der Waals surface area (Å²) in [6.45, 7) is 11.1. The van der Waals surface area contributed by atoms with Crippen molar-refractivity contribution in [1.82, 2.24) is 19.7 Å². The van der Waals surface area contributed by atoms with E-state index in [2.05, 4.69) is 57.9 Å². The molecule has 7 nitrogen and oxygen atoms in total. The summed E-state index contributed by atoms with van der Waals surface area (Å²) in [4.78, 5) is 7.00. The summed E-state index contributed by atoms with van der Waals surface area (Å²) in [5.41, 5.74) is 2.27. The summed E-state index contributed by atoms with van der Waals surface area (Å²) in [5, 5.41) is 13.0. The van der Waals surface area contributed by atoms with Crippen LogP contribution in [-0.2, 0) is 23.6 Å². The van der Waals surface area contributed by atoms with Gasteiger partial charge in [0.2, 0.25) is 5.95 Å². The predicted octanol–water partition coefficient (Wildman–Crippen LogP) is 4.41. The fraction of sp³-hybridized carbons (Fsp3) is 0.500. The van der Waals surface area contributed by atoms with Gasteiger partial charge < -0.3 is 14.4 Å². The zero-order valence-corrected chi connectivity index (χ0v) is 19.9. The molecule has 1 aromatic carbocycles. The van der Waals surface area contributed by atoms with E-state index in [1.807, 2.05) is 12.1 Å². The molecule has 0 saturated carbocycles. The second-order valence-electron chi connectivity index (χ2n) is 8.01. The van der Waals surface area contributed by atoms with Crippen LogP contribution in [0, 0.1) is 12.8 Å². The molecule has 0 unspecified atom stereocenters. The number of hydrogen-bond acceptors (Lipinski definition) is 8. The fourth-order valence-electron chi connectivity index (χ4n) is 3.31. The van der Waals surface area contributed by atoms with Crippen LogP contribution in [0.25, 0.3) is 0 Å². The van der Waals surface area contributed by atoms with Crippen molar-refractivity contribution in [3.63, 3.8) is 0 Å². The van der Waals surface area contributed by atoms with E-state index in [1.54, 1.807) is 23.1 Å². The lowest BCUT2D eigenvalue weighted by Crippen LogP contribution is -2.38. The first kappa shape index (κ1) is 22.1. The maximum absolute atomic E-state index is 5.86. The van der Waals surface area contributed by atoms with Gasteiger partial charge in [-0.1, -0.05) is 43.3 Å². The molecule has 1 aliphatic heterocycles. The highest BCUT2D eigenvalue weighted by molar-refractivity contribution is 7.98. The monoisotopic (exact) mass is 459 g/mol. The minimum absolute atomic E-state index is 0.489. The van der Waals surface area contributed by atoms with Gasteiger partial charge in [-0.05, 0) is 25.0 Å². The SMILES string of the molecule is Cc1ccc(OCc2nc(CSc3nnc(N4CCOCC4)n3CC(C)C)cs2)cc1. The Labute approximate surface area is 191 Å². The molecular formula is C22H29N5O2S2. The van der Waals surface area contributed by atoms with Crippen molar-refractivity contribution < 1.29 is 9.47 Å². The van der Waals surface area contributed by atoms with Crippen molar-refractivity contribution in [3.05, 3.63) is 45.9 Å². The standard InChI is InChI=1S/C22H29N5O2S2/c1-16(2)12-27-21(26-8-10-28-11-9-26)24-25-22(27)31-15-18-14-30-20(23-18)13-29-19-6-4-17(3)5-7-19/h4-7,14,16H,8-13,15H2,1-3H3. The number of ether oxygens (including phenoxy) is 2. The first-order chi connectivity index (χ1) is 15.1. The number of benzene rings is 1. The highest BCUT2D eigenvalue weighted by Gasteiger charge is 2.21. The van der Waals surface area contributed by atoms with Crippen molar-refractivity contribution in [2.75, 3.05) is 31.2 Å². The van der Waals surface area contributed by atoms with Gasteiger partial charge in [-0.25, -0.2) is 4.98 Å². The third-order valence-electron chi connectivity index (χ3n) is 4.87. The average molecular weight is 460 g/mol. The molecule has 0 aliphatic carbocycles. The van der Waals surface area contributed by atoms with Crippen LogP contribution in [0.4, 0.5) is 5.95 Å². The van der Waals surface area contributed by atoms with Crippen LogP contribution in [0.5, 0.6) is 5.75 Å². The zero-order chi connectivity index (χ0) is 21.6. The molecule has 166 valence electrons. The lowest BCUT2D eigenvalue weighted by molar-refractivity contribution is 0.121. The number of morpholine rings is 1. The Hall–Kier alpha value is -2.10. The average Bonchev–Trinajstić information content (AvgIpc) is 3.39. The lowest BCUT2D eigenvalue weighted by atomic mass is 10.2. The molecule has 0 radical (unpaired) electrons. The van der Waals surface area contributed by atoms with E-state index in [0.29, 0.717) is 12.5 Å². The van der Waals surface area contributed by atoms with Gasteiger partial charge in [-0.15, -0.1) is 21.5 Å². The normalized spacial score (nSPS) is 14.4. The number of thiazole rings is 1. The molecule has 0 atom stereocenters. The molecule has 3 aromatic rings. The molecule has 1 saturated heterocycles. The lowest BCUT2D eigenvalue weighted by Gasteiger charge is -2.28. The van der Waals surface area contributed by atoms with Gasteiger partial charge in [0, 0.05) is 30.8 Å². The maximum atomic E-state index is 5.86. The number of aromatic nitrogens is 4. The molecule has 0 bridgehead atoms. The van der Waals surface area contributed by atoms with E-state index in [4.69, 9.17) is 14.5 Å². The van der Waals surface area contributed by atoms with Crippen LogP contribution in [0.15, 0.2) is 34.8 Å². The van der Waals surface area contributed by atoms with Gasteiger partial charge >= 0.3 is 0 Å². The van der Waals surface area contributed by atoms with Gasteiger partial charge in [-0.3, -0.25) is 4.57 Å². The number of anilines is 1. The summed E-state index contributed by atoms with van der Waals surface area (Å²) >= 11 is 3.33. The van der Waals surface area contributed by atoms with E-state index >= 15 is 0 Å². The third-order valence-corrected chi connectivity index (χ3v) is 6.74. The molecule has 9 heteroatoms. The Balaban J connectivity index is 1.37. The molecule has 0 amide bonds. The topological polar surface area (TPSA) is 65.3 Å². The molecule has 4 rings (SSSR count). The third kappa shape index (κ3) is 5.99. The number of rotatable bonds is 9. The van der Waals surface area contributed by atoms with Crippen molar-refractivity contribution >= 4 is 29.0 Å². The Morgan fingerprint density at radius 2 is 1.94 bits per heavy atom. The van der Waals surface area contributed by atoms with Crippen LogP contribution in [0.3, 0.4) is 0 Å². The number of hydrogen-bond donors (Lipinski definition) is 0. The Bertz CT molecular complexity index is 965.